The molecule has 2 saturated heterocycles. The Bertz CT molecular complexity index is 537. The number of piperidine rings is 1. The molecular formula is C25H46N2O2. The number of unbranched alkanes of at least 4 members (excludes halogenated alkanes) is 8. The summed E-state index contributed by atoms with van der Waals surface area (Å²) in [5, 5.41) is 0. The van der Waals surface area contributed by atoms with E-state index in [0.717, 1.165) is 25.7 Å². The Morgan fingerprint density at radius 3 is 1.83 bits per heavy atom. The molecule has 29 heavy (non-hydrogen) atoms. The molecule has 2 heterocycles. The van der Waals surface area contributed by atoms with Crippen LogP contribution in [0.5, 0.6) is 0 Å². The van der Waals surface area contributed by atoms with Crippen LogP contribution in [0.3, 0.4) is 0 Å². The van der Waals surface area contributed by atoms with Gasteiger partial charge < -0.3 is 0 Å². The summed E-state index contributed by atoms with van der Waals surface area (Å²) in [4.78, 5) is 29.9. The van der Waals surface area contributed by atoms with E-state index >= 15 is 0 Å². The van der Waals surface area contributed by atoms with Crippen molar-refractivity contribution in [2.75, 3.05) is 7.05 Å². The molecule has 0 N–H and O–H groups in total. The summed E-state index contributed by atoms with van der Waals surface area (Å²) in [6.07, 6.45) is 14.7. The fraction of sp³-hybridized carbons (Fsp3) is 0.920. The Hall–Kier alpha value is -0.900. The summed E-state index contributed by atoms with van der Waals surface area (Å²) < 4.78 is 0. The van der Waals surface area contributed by atoms with E-state index in [0.29, 0.717) is 6.42 Å². The number of rotatable bonds is 11. The third-order valence-electron chi connectivity index (χ3n) is 7.58. The first-order chi connectivity index (χ1) is 13.6. The van der Waals surface area contributed by atoms with Crippen LogP contribution in [0.2, 0.25) is 0 Å². The molecule has 4 heteroatoms. The smallest absolute Gasteiger partial charge is 0.233 e. The third-order valence-corrected chi connectivity index (χ3v) is 7.58. The van der Waals surface area contributed by atoms with Gasteiger partial charge in [0.15, 0.2) is 0 Å². The number of nitrogens with zero attached hydrogens (tertiary/aromatic N) is 2. The predicted molar refractivity (Wildman–Crippen MR) is 121 cm³/mol. The minimum Gasteiger partial charge on any atom is -0.296 e. The quantitative estimate of drug-likeness (QED) is 0.315. The fourth-order valence-electron chi connectivity index (χ4n) is 5.53. The number of hydrogen-bond donors (Lipinski definition) is 0. The minimum absolute atomic E-state index is 0.0117. The second-order valence-electron chi connectivity index (χ2n) is 10.9. The van der Waals surface area contributed by atoms with E-state index in [4.69, 9.17) is 0 Å². The van der Waals surface area contributed by atoms with Gasteiger partial charge in [-0.3, -0.25) is 19.4 Å². The molecule has 0 saturated carbocycles. The maximum absolute atomic E-state index is 13.1. The molecule has 2 rings (SSSR count). The van der Waals surface area contributed by atoms with Crippen molar-refractivity contribution in [3.63, 3.8) is 0 Å². The van der Waals surface area contributed by atoms with E-state index in [1.165, 1.54) is 51.4 Å². The highest BCUT2D eigenvalue weighted by atomic mass is 16.2. The summed E-state index contributed by atoms with van der Waals surface area (Å²) in [5.74, 6) is 0.103. The lowest BCUT2D eigenvalue weighted by Gasteiger charge is -2.54. The predicted octanol–water partition coefficient (Wildman–Crippen LogP) is 5.93. The van der Waals surface area contributed by atoms with E-state index in [1.807, 2.05) is 0 Å². The Morgan fingerprint density at radius 2 is 1.31 bits per heavy atom. The van der Waals surface area contributed by atoms with E-state index in [2.05, 4.69) is 46.6 Å². The highest BCUT2D eigenvalue weighted by Gasteiger charge is 2.50. The molecule has 1 atom stereocenters. The zero-order valence-corrected chi connectivity index (χ0v) is 20.1. The molecule has 0 aromatic carbocycles. The SMILES string of the molecule is CCCCCCCCCCCC1CC(=O)N(C2CC(C)(C)N(C)C(C)(C)C2)C1=O. The Kier molecular flexibility index (Phi) is 8.75. The number of hydrogen-bond acceptors (Lipinski definition) is 3. The van der Waals surface area contributed by atoms with Crippen LogP contribution in [0, 0.1) is 5.92 Å². The molecule has 2 aliphatic rings. The summed E-state index contributed by atoms with van der Waals surface area (Å²) in [5.41, 5.74) is -0.0234. The summed E-state index contributed by atoms with van der Waals surface area (Å²) in [6, 6.07) is 0.0457. The van der Waals surface area contributed by atoms with Crippen LogP contribution < -0.4 is 0 Å². The van der Waals surface area contributed by atoms with Crippen LogP contribution in [0.25, 0.3) is 0 Å². The average Bonchev–Trinajstić information content (AvgIpc) is 2.91. The largest absolute Gasteiger partial charge is 0.296 e. The molecule has 2 fully saturated rings. The Morgan fingerprint density at radius 1 is 0.828 bits per heavy atom. The van der Waals surface area contributed by atoms with Crippen LogP contribution in [-0.4, -0.2) is 45.8 Å². The van der Waals surface area contributed by atoms with Crippen LogP contribution in [0.4, 0.5) is 0 Å². The van der Waals surface area contributed by atoms with Gasteiger partial charge in [0.1, 0.15) is 0 Å². The van der Waals surface area contributed by atoms with Crippen molar-refractivity contribution < 1.29 is 9.59 Å². The number of likely N-dealkylation sites (tertiary alicyclic amines) is 2. The van der Waals surface area contributed by atoms with Crippen molar-refractivity contribution in [3.05, 3.63) is 0 Å². The van der Waals surface area contributed by atoms with Crippen molar-refractivity contribution >= 4 is 11.8 Å². The van der Waals surface area contributed by atoms with E-state index in [1.54, 1.807) is 4.90 Å². The summed E-state index contributed by atoms with van der Waals surface area (Å²) in [6.45, 7) is 11.2. The lowest BCUT2D eigenvalue weighted by atomic mass is 9.77. The van der Waals surface area contributed by atoms with Crippen LogP contribution in [-0.2, 0) is 9.59 Å². The number of amides is 2. The molecule has 2 aliphatic heterocycles. The highest BCUT2D eigenvalue weighted by Crippen LogP contribution is 2.41. The maximum Gasteiger partial charge on any atom is 0.233 e. The fourth-order valence-corrected chi connectivity index (χ4v) is 5.53. The lowest BCUT2D eigenvalue weighted by Crippen LogP contribution is -2.63. The van der Waals surface area contributed by atoms with Gasteiger partial charge in [0.25, 0.3) is 0 Å². The van der Waals surface area contributed by atoms with Gasteiger partial charge in [-0.2, -0.15) is 0 Å². The van der Waals surface area contributed by atoms with Crippen LogP contribution in [0.15, 0.2) is 0 Å². The van der Waals surface area contributed by atoms with Gasteiger partial charge in [-0.1, -0.05) is 64.7 Å². The molecule has 168 valence electrons. The van der Waals surface area contributed by atoms with Crippen LogP contribution in [0.1, 0.15) is 118 Å². The average molecular weight is 407 g/mol. The standard InChI is InChI=1S/C25H46N2O2/c1-7-8-9-10-11-12-13-14-15-16-20-17-22(28)27(23(20)29)21-18-24(2,3)26(6)25(4,5)19-21/h20-21H,7-19H2,1-6H3. The van der Waals surface area contributed by atoms with Gasteiger partial charge >= 0.3 is 0 Å². The van der Waals surface area contributed by atoms with Gasteiger partial charge in [0.2, 0.25) is 11.8 Å². The number of carbonyl (C=O) groups excluding carboxylic acids is 2. The minimum atomic E-state index is -0.0714. The van der Waals surface area contributed by atoms with Gasteiger partial charge in [0.05, 0.1) is 0 Å². The lowest BCUT2D eigenvalue weighted by molar-refractivity contribution is -0.146. The third kappa shape index (κ3) is 6.29. The molecule has 0 bridgehead atoms. The normalized spacial score (nSPS) is 25.2. The first kappa shape index (κ1) is 24.4. The molecule has 0 spiro atoms. The molecular weight excluding hydrogens is 360 g/mol. The first-order valence-electron chi connectivity index (χ1n) is 12.2. The van der Waals surface area contributed by atoms with Crippen molar-refractivity contribution in [3.8, 4) is 0 Å². The van der Waals surface area contributed by atoms with E-state index in [9.17, 15) is 9.59 Å². The number of imide groups is 1. The summed E-state index contributed by atoms with van der Waals surface area (Å²) >= 11 is 0. The zero-order chi connectivity index (χ0) is 21.7. The molecule has 4 nitrogen and oxygen atoms in total. The Balaban J connectivity index is 1.78. The van der Waals surface area contributed by atoms with Crippen molar-refractivity contribution in [2.24, 2.45) is 5.92 Å². The van der Waals surface area contributed by atoms with Gasteiger partial charge in [-0.05, 0) is 54.0 Å². The highest BCUT2D eigenvalue weighted by molar-refractivity contribution is 6.03. The van der Waals surface area contributed by atoms with E-state index < -0.39 is 0 Å². The van der Waals surface area contributed by atoms with Crippen molar-refractivity contribution in [1.29, 1.82) is 0 Å². The molecule has 0 aliphatic carbocycles. The first-order valence-corrected chi connectivity index (χ1v) is 12.2. The van der Waals surface area contributed by atoms with Crippen molar-refractivity contribution in [2.45, 2.75) is 135 Å². The zero-order valence-electron chi connectivity index (χ0n) is 20.1. The van der Waals surface area contributed by atoms with Crippen LogP contribution >= 0.6 is 0 Å². The molecule has 1 unspecified atom stereocenters. The monoisotopic (exact) mass is 406 g/mol. The topological polar surface area (TPSA) is 40.6 Å². The maximum atomic E-state index is 13.1. The second kappa shape index (κ2) is 10.4. The number of carbonyl (C=O) groups is 2. The van der Waals surface area contributed by atoms with Gasteiger partial charge in [0, 0.05) is 29.5 Å². The molecule has 0 aromatic rings. The second-order valence-corrected chi connectivity index (χ2v) is 10.9. The van der Waals surface area contributed by atoms with Crippen molar-refractivity contribution in [1.82, 2.24) is 9.80 Å². The van der Waals surface area contributed by atoms with Gasteiger partial charge in [-0.25, -0.2) is 0 Å². The van der Waals surface area contributed by atoms with Gasteiger partial charge in [-0.15, -0.1) is 0 Å². The van der Waals surface area contributed by atoms with E-state index in [-0.39, 0.29) is 34.9 Å². The summed E-state index contributed by atoms with van der Waals surface area (Å²) in [7, 11) is 2.16. The molecule has 0 aromatic heterocycles. The molecule has 0 radical (unpaired) electrons. The Labute approximate surface area is 179 Å². The molecule has 2 amide bonds.